The van der Waals surface area contributed by atoms with Crippen LogP contribution in [0.3, 0.4) is 0 Å². The summed E-state index contributed by atoms with van der Waals surface area (Å²) in [4.78, 5) is 17.5. The van der Waals surface area contributed by atoms with Gasteiger partial charge in [-0.3, -0.25) is 4.79 Å². The quantitative estimate of drug-likeness (QED) is 0.612. The van der Waals surface area contributed by atoms with Crippen LogP contribution < -0.4 is 0 Å². The van der Waals surface area contributed by atoms with Crippen LogP contribution in [0.2, 0.25) is 0 Å². The maximum Gasteiger partial charge on any atom is 0.259 e. The van der Waals surface area contributed by atoms with Gasteiger partial charge in [-0.15, -0.1) is 0 Å². The molecule has 1 aliphatic heterocycles. The van der Waals surface area contributed by atoms with Crippen LogP contribution in [0.1, 0.15) is 42.5 Å². The molecule has 1 aliphatic rings. The molecule has 0 N–H and O–H groups in total. The summed E-state index contributed by atoms with van der Waals surface area (Å²) >= 11 is 0. The molecule has 2 radical (unpaired) electrons. The van der Waals surface area contributed by atoms with Crippen molar-refractivity contribution >= 4 is 13.9 Å². The number of hydrogen-bond acceptors (Lipinski definition) is 2. The van der Waals surface area contributed by atoms with Crippen LogP contribution in [0.15, 0.2) is 12.1 Å². The highest BCUT2D eigenvalue weighted by atomic mass is 16.2. The Morgan fingerprint density at radius 2 is 2.06 bits per heavy atom. The van der Waals surface area contributed by atoms with E-state index >= 15 is 0 Å². The molecule has 16 heavy (non-hydrogen) atoms. The molecule has 0 saturated heterocycles. The van der Waals surface area contributed by atoms with Crippen molar-refractivity contribution in [3.8, 4) is 0 Å². The Morgan fingerprint density at radius 1 is 1.38 bits per heavy atom. The molecule has 0 aliphatic carbocycles. The van der Waals surface area contributed by atoms with Crippen molar-refractivity contribution in [1.29, 1.82) is 0 Å². The van der Waals surface area contributed by atoms with Gasteiger partial charge in [0.1, 0.15) is 5.69 Å². The highest BCUT2D eigenvalue weighted by Crippen LogP contribution is 2.23. The first-order chi connectivity index (χ1) is 7.39. The highest BCUT2D eigenvalue weighted by Gasteiger charge is 2.25. The number of carbonyl (C=O) groups is 1. The van der Waals surface area contributed by atoms with Crippen LogP contribution in [0.4, 0.5) is 0 Å². The monoisotopic (exact) mass is 214 g/mol. The van der Waals surface area contributed by atoms with Gasteiger partial charge in [-0.2, -0.15) is 0 Å². The molecule has 1 amide bonds. The van der Waals surface area contributed by atoms with Gasteiger partial charge in [-0.05, 0) is 18.1 Å². The minimum Gasteiger partial charge on any atom is -0.391 e. The zero-order chi connectivity index (χ0) is 11.9. The van der Waals surface area contributed by atoms with E-state index in [-0.39, 0.29) is 11.3 Å². The number of amides is 1. The molecule has 2 heterocycles. The van der Waals surface area contributed by atoms with E-state index in [2.05, 4.69) is 25.8 Å². The summed E-state index contributed by atoms with van der Waals surface area (Å²) in [6.45, 7) is 6.81. The third kappa shape index (κ3) is 1.84. The fraction of sp³-hybridized carbons (Fsp3) is 0.500. The average Bonchev–Trinajstić information content (AvgIpc) is 2.22. The van der Waals surface area contributed by atoms with Crippen molar-refractivity contribution in [2.45, 2.75) is 32.6 Å². The van der Waals surface area contributed by atoms with E-state index in [9.17, 15) is 4.79 Å². The minimum absolute atomic E-state index is 0.0494. The van der Waals surface area contributed by atoms with Gasteiger partial charge in [0.25, 0.3) is 5.91 Å². The van der Waals surface area contributed by atoms with Crippen LogP contribution >= 0.6 is 0 Å². The standard InChI is InChI=1S/C12H15BN2O/c1-12(2,3)9-5-4-8-6-7-15(13)11(16)10(8)14-9/h4-5H,6-7H2,1-3H3. The van der Waals surface area contributed by atoms with Gasteiger partial charge < -0.3 is 4.81 Å². The summed E-state index contributed by atoms with van der Waals surface area (Å²) in [6.07, 6.45) is 0.787. The molecule has 0 fully saturated rings. The Morgan fingerprint density at radius 3 is 2.69 bits per heavy atom. The highest BCUT2D eigenvalue weighted by molar-refractivity contribution is 6.18. The summed E-state index contributed by atoms with van der Waals surface area (Å²) in [6, 6.07) is 3.99. The van der Waals surface area contributed by atoms with Gasteiger partial charge >= 0.3 is 0 Å². The van der Waals surface area contributed by atoms with E-state index in [0.717, 1.165) is 17.7 Å². The van der Waals surface area contributed by atoms with Crippen LogP contribution in [0.25, 0.3) is 0 Å². The van der Waals surface area contributed by atoms with Crippen molar-refractivity contribution < 1.29 is 4.79 Å². The van der Waals surface area contributed by atoms with Crippen molar-refractivity contribution in [1.82, 2.24) is 9.79 Å². The van der Waals surface area contributed by atoms with E-state index in [4.69, 9.17) is 7.98 Å². The molecule has 0 spiro atoms. The second kappa shape index (κ2) is 3.61. The van der Waals surface area contributed by atoms with E-state index in [0.29, 0.717) is 12.2 Å². The molecular weight excluding hydrogens is 199 g/mol. The largest absolute Gasteiger partial charge is 0.391 e. The number of pyridine rings is 1. The first kappa shape index (κ1) is 11.2. The third-order valence-corrected chi connectivity index (χ3v) is 2.83. The smallest absolute Gasteiger partial charge is 0.259 e. The zero-order valence-electron chi connectivity index (χ0n) is 9.95. The fourth-order valence-electron chi connectivity index (χ4n) is 1.77. The summed E-state index contributed by atoms with van der Waals surface area (Å²) in [7, 11) is 5.60. The van der Waals surface area contributed by atoms with Crippen molar-refractivity contribution in [3.05, 3.63) is 29.1 Å². The Hall–Kier alpha value is -1.32. The number of nitrogens with zero attached hydrogens (tertiary/aromatic N) is 2. The lowest BCUT2D eigenvalue weighted by Gasteiger charge is -2.26. The lowest BCUT2D eigenvalue weighted by molar-refractivity contribution is 0.0844. The second-order valence-corrected chi connectivity index (χ2v) is 5.20. The molecule has 2 rings (SSSR count). The maximum atomic E-state index is 11.8. The van der Waals surface area contributed by atoms with Gasteiger partial charge in [-0.1, -0.05) is 26.8 Å². The normalized spacial score (nSPS) is 16.2. The number of aromatic nitrogens is 1. The molecule has 0 atom stereocenters. The first-order valence-electron chi connectivity index (χ1n) is 5.46. The van der Waals surface area contributed by atoms with Crippen LogP contribution in [-0.4, -0.2) is 30.2 Å². The van der Waals surface area contributed by atoms with Crippen molar-refractivity contribution in [2.75, 3.05) is 6.54 Å². The van der Waals surface area contributed by atoms with Crippen LogP contribution in [0, 0.1) is 0 Å². The van der Waals surface area contributed by atoms with E-state index in [1.807, 2.05) is 12.1 Å². The molecular formula is C12H15BN2O. The predicted molar refractivity (Wildman–Crippen MR) is 63.4 cm³/mol. The molecule has 0 unspecified atom stereocenters. The predicted octanol–water partition coefficient (Wildman–Crippen LogP) is 1.46. The Kier molecular flexibility index (Phi) is 2.52. The summed E-state index contributed by atoms with van der Waals surface area (Å²) in [5.74, 6) is -0.174. The topological polar surface area (TPSA) is 33.2 Å². The lowest BCUT2D eigenvalue weighted by Crippen LogP contribution is -2.36. The van der Waals surface area contributed by atoms with Gasteiger partial charge in [0.2, 0.25) is 7.98 Å². The Balaban J connectivity index is 2.49. The number of rotatable bonds is 0. The molecule has 3 nitrogen and oxygen atoms in total. The van der Waals surface area contributed by atoms with E-state index in [1.165, 1.54) is 4.81 Å². The molecule has 0 bridgehead atoms. The summed E-state index contributed by atoms with van der Waals surface area (Å²) in [5, 5.41) is 0. The second-order valence-electron chi connectivity index (χ2n) is 5.20. The molecule has 1 aromatic rings. The SMILES string of the molecule is [B]N1CCc2ccc(C(C)(C)C)nc2C1=O. The minimum atomic E-state index is -0.174. The Labute approximate surface area is 97.3 Å². The van der Waals surface area contributed by atoms with Crippen LogP contribution in [-0.2, 0) is 11.8 Å². The molecule has 1 aromatic heterocycles. The average molecular weight is 214 g/mol. The van der Waals surface area contributed by atoms with E-state index in [1.54, 1.807) is 0 Å². The first-order valence-corrected chi connectivity index (χ1v) is 5.46. The van der Waals surface area contributed by atoms with Crippen molar-refractivity contribution in [2.24, 2.45) is 0 Å². The number of hydrogen-bond donors (Lipinski definition) is 0. The molecule has 0 saturated carbocycles. The van der Waals surface area contributed by atoms with Gasteiger partial charge in [-0.25, -0.2) is 4.98 Å². The summed E-state index contributed by atoms with van der Waals surface area (Å²) in [5.41, 5.74) is 2.39. The van der Waals surface area contributed by atoms with E-state index < -0.39 is 0 Å². The lowest BCUT2D eigenvalue weighted by atomic mass is 9.90. The van der Waals surface area contributed by atoms with Gasteiger partial charge in [0, 0.05) is 17.7 Å². The molecule has 0 aromatic carbocycles. The fourth-order valence-corrected chi connectivity index (χ4v) is 1.77. The molecule has 82 valence electrons. The summed E-state index contributed by atoms with van der Waals surface area (Å²) < 4.78 is 0. The van der Waals surface area contributed by atoms with Gasteiger partial charge in [0.05, 0.1) is 0 Å². The van der Waals surface area contributed by atoms with Crippen LogP contribution in [0.5, 0.6) is 0 Å². The Bertz CT molecular complexity index is 437. The van der Waals surface area contributed by atoms with Gasteiger partial charge in [0.15, 0.2) is 0 Å². The van der Waals surface area contributed by atoms with Crippen molar-refractivity contribution in [3.63, 3.8) is 0 Å². The number of fused-ring (bicyclic) bond motifs is 1. The molecule has 4 heteroatoms. The number of carbonyl (C=O) groups excluding carboxylic acids is 1. The maximum absolute atomic E-state index is 11.8. The third-order valence-electron chi connectivity index (χ3n) is 2.83. The zero-order valence-corrected chi connectivity index (χ0v) is 9.95.